The zero-order valence-corrected chi connectivity index (χ0v) is 16.8. The molecule has 0 radical (unpaired) electrons. The first-order valence-corrected chi connectivity index (χ1v) is 9.45. The van der Waals surface area contributed by atoms with Crippen LogP contribution in [-0.4, -0.2) is 31.4 Å². The van der Waals surface area contributed by atoms with Gasteiger partial charge in [0, 0.05) is 5.56 Å². The summed E-state index contributed by atoms with van der Waals surface area (Å²) in [5.74, 6) is -0.850. The SMILES string of the molecule is COc1ccccc1C(=O)OCC(=O)Oc1ccc(C=CC(=O)c2ccccc2)cc1. The predicted octanol–water partition coefficient (Wildman–Crippen LogP) is 4.35. The molecule has 3 aromatic rings. The minimum atomic E-state index is -0.717. The van der Waals surface area contributed by atoms with E-state index in [9.17, 15) is 14.4 Å². The van der Waals surface area contributed by atoms with Crippen LogP contribution in [-0.2, 0) is 9.53 Å². The predicted molar refractivity (Wildman–Crippen MR) is 115 cm³/mol. The maximum atomic E-state index is 12.1. The normalized spacial score (nSPS) is 10.5. The molecule has 0 aromatic heterocycles. The Kier molecular flexibility index (Phi) is 7.32. The second kappa shape index (κ2) is 10.5. The lowest BCUT2D eigenvalue weighted by Gasteiger charge is -2.08. The quantitative estimate of drug-likeness (QED) is 0.235. The van der Waals surface area contributed by atoms with Gasteiger partial charge in [-0.3, -0.25) is 4.79 Å². The Morgan fingerprint density at radius 2 is 1.52 bits per heavy atom. The van der Waals surface area contributed by atoms with Gasteiger partial charge in [0.1, 0.15) is 17.1 Å². The number of hydrogen-bond donors (Lipinski definition) is 0. The first-order chi connectivity index (χ1) is 15.1. The summed E-state index contributed by atoms with van der Waals surface area (Å²) in [5, 5.41) is 0. The molecule has 0 fully saturated rings. The largest absolute Gasteiger partial charge is 0.496 e. The summed E-state index contributed by atoms with van der Waals surface area (Å²) in [7, 11) is 1.44. The van der Waals surface area contributed by atoms with E-state index in [1.54, 1.807) is 78.9 Å². The number of ether oxygens (including phenoxy) is 3. The van der Waals surface area contributed by atoms with Crippen molar-refractivity contribution in [3.05, 3.63) is 102 Å². The van der Waals surface area contributed by atoms with Gasteiger partial charge in [-0.15, -0.1) is 0 Å². The van der Waals surface area contributed by atoms with Crippen LogP contribution in [0.1, 0.15) is 26.3 Å². The van der Waals surface area contributed by atoms with E-state index >= 15 is 0 Å². The van der Waals surface area contributed by atoms with Crippen molar-refractivity contribution in [2.75, 3.05) is 13.7 Å². The minimum absolute atomic E-state index is 0.104. The molecular formula is C25H20O6. The lowest BCUT2D eigenvalue weighted by Crippen LogP contribution is -2.19. The molecule has 0 atom stereocenters. The van der Waals surface area contributed by atoms with Crippen LogP contribution < -0.4 is 9.47 Å². The van der Waals surface area contributed by atoms with Gasteiger partial charge in [-0.05, 0) is 35.9 Å². The van der Waals surface area contributed by atoms with Crippen molar-refractivity contribution < 1.29 is 28.6 Å². The Bertz CT molecular complexity index is 1080. The molecule has 0 aliphatic heterocycles. The van der Waals surface area contributed by atoms with E-state index in [-0.39, 0.29) is 11.3 Å². The molecule has 0 heterocycles. The zero-order chi connectivity index (χ0) is 22.1. The van der Waals surface area contributed by atoms with Crippen LogP contribution in [0.25, 0.3) is 6.08 Å². The molecule has 0 aliphatic carbocycles. The summed E-state index contributed by atoms with van der Waals surface area (Å²) in [6.07, 6.45) is 3.16. The Morgan fingerprint density at radius 1 is 0.839 bits per heavy atom. The number of carbonyl (C=O) groups excluding carboxylic acids is 3. The average Bonchev–Trinajstić information content (AvgIpc) is 2.82. The van der Waals surface area contributed by atoms with Crippen molar-refractivity contribution in [1.82, 2.24) is 0 Å². The zero-order valence-electron chi connectivity index (χ0n) is 16.8. The second-order valence-corrected chi connectivity index (χ2v) is 6.38. The topological polar surface area (TPSA) is 78.9 Å². The van der Waals surface area contributed by atoms with E-state index in [0.29, 0.717) is 17.1 Å². The van der Waals surface area contributed by atoms with E-state index < -0.39 is 18.5 Å². The van der Waals surface area contributed by atoms with Crippen LogP contribution in [0.2, 0.25) is 0 Å². The third-order valence-corrected chi connectivity index (χ3v) is 4.25. The molecule has 3 aromatic carbocycles. The molecule has 0 N–H and O–H groups in total. The van der Waals surface area contributed by atoms with Gasteiger partial charge in [-0.25, -0.2) is 9.59 Å². The number of esters is 2. The van der Waals surface area contributed by atoms with Gasteiger partial charge >= 0.3 is 11.9 Å². The molecule has 0 saturated carbocycles. The van der Waals surface area contributed by atoms with Gasteiger partial charge in [0.2, 0.25) is 0 Å². The van der Waals surface area contributed by atoms with Crippen molar-refractivity contribution in [1.29, 1.82) is 0 Å². The highest BCUT2D eigenvalue weighted by Crippen LogP contribution is 2.18. The number of rotatable bonds is 8. The van der Waals surface area contributed by atoms with E-state index in [1.165, 1.54) is 13.2 Å². The van der Waals surface area contributed by atoms with Gasteiger partial charge in [0.25, 0.3) is 0 Å². The molecular weight excluding hydrogens is 396 g/mol. The summed E-state index contributed by atoms with van der Waals surface area (Å²) in [6, 6.07) is 22.1. The first-order valence-electron chi connectivity index (χ1n) is 9.45. The summed E-state index contributed by atoms with van der Waals surface area (Å²) < 4.78 is 15.3. The van der Waals surface area contributed by atoms with Gasteiger partial charge in [0.05, 0.1) is 7.11 Å². The summed E-state index contributed by atoms with van der Waals surface area (Å²) in [5.41, 5.74) is 1.60. The first kappa shape index (κ1) is 21.5. The monoisotopic (exact) mass is 416 g/mol. The number of ketones is 1. The Labute approximate surface area is 179 Å². The van der Waals surface area contributed by atoms with Crippen LogP contribution in [0.15, 0.2) is 84.9 Å². The van der Waals surface area contributed by atoms with E-state index in [4.69, 9.17) is 14.2 Å². The smallest absolute Gasteiger partial charge is 0.349 e. The highest BCUT2D eigenvalue weighted by molar-refractivity contribution is 6.06. The molecule has 3 rings (SSSR count). The van der Waals surface area contributed by atoms with E-state index in [2.05, 4.69) is 0 Å². The van der Waals surface area contributed by atoms with Crippen LogP contribution in [0.4, 0.5) is 0 Å². The fourth-order valence-corrected chi connectivity index (χ4v) is 2.69. The van der Waals surface area contributed by atoms with Crippen LogP contribution in [0.5, 0.6) is 11.5 Å². The highest BCUT2D eigenvalue weighted by Gasteiger charge is 2.15. The molecule has 0 aliphatic rings. The maximum Gasteiger partial charge on any atom is 0.349 e. The number of methoxy groups -OCH3 is 1. The molecule has 0 saturated heterocycles. The summed E-state index contributed by atoms with van der Waals surface area (Å²) >= 11 is 0. The van der Waals surface area contributed by atoms with E-state index in [1.807, 2.05) is 6.07 Å². The van der Waals surface area contributed by atoms with Crippen molar-refractivity contribution in [2.45, 2.75) is 0 Å². The van der Waals surface area contributed by atoms with E-state index in [0.717, 1.165) is 5.56 Å². The Morgan fingerprint density at radius 3 is 2.23 bits per heavy atom. The van der Waals surface area contributed by atoms with Gasteiger partial charge in [-0.1, -0.05) is 60.7 Å². The molecule has 0 amide bonds. The number of benzene rings is 3. The van der Waals surface area contributed by atoms with Crippen molar-refractivity contribution in [2.24, 2.45) is 0 Å². The Balaban J connectivity index is 1.51. The number of carbonyl (C=O) groups is 3. The second-order valence-electron chi connectivity index (χ2n) is 6.38. The molecule has 31 heavy (non-hydrogen) atoms. The lowest BCUT2D eigenvalue weighted by molar-refractivity contribution is -0.137. The molecule has 156 valence electrons. The standard InChI is InChI=1S/C25H20O6/c1-29-23-10-6-5-9-21(23)25(28)30-17-24(27)31-20-14-11-18(12-15-20)13-16-22(26)19-7-3-2-4-8-19/h2-16H,17H2,1H3. The summed E-state index contributed by atoms with van der Waals surface area (Å²) in [4.78, 5) is 36.2. The van der Waals surface area contributed by atoms with Gasteiger partial charge < -0.3 is 14.2 Å². The van der Waals surface area contributed by atoms with Crippen molar-refractivity contribution in [3.8, 4) is 11.5 Å². The maximum absolute atomic E-state index is 12.1. The highest BCUT2D eigenvalue weighted by atomic mass is 16.6. The molecule has 0 bridgehead atoms. The van der Waals surface area contributed by atoms with Gasteiger partial charge in [0.15, 0.2) is 12.4 Å². The Hall–Kier alpha value is -4.19. The van der Waals surface area contributed by atoms with Crippen molar-refractivity contribution >= 4 is 23.8 Å². The third-order valence-electron chi connectivity index (χ3n) is 4.25. The number of para-hydroxylation sites is 1. The number of allylic oxidation sites excluding steroid dienone is 1. The van der Waals surface area contributed by atoms with Crippen molar-refractivity contribution in [3.63, 3.8) is 0 Å². The van der Waals surface area contributed by atoms with Crippen LogP contribution in [0.3, 0.4) is 0 Å². The van der Waals surface area contributed by atoms with Crippen LogP contribution >= 0.6 is 0 Å². The summed E-state index contributed by atoms with van der Waals surface area (Å²) in [6.45, 7) is -0.538. The lowest BCUT2D eigenvalue weighted by atomic mass is 10.1. The minimum Gasteiger partial charge on any atom is -0.496 e. The van der Waals surface area contributed by atoms with Gasteiger partial charge in [-0.2, -0.15) is 0 Å². The fourth-order valence-electron chi connectivity index (χ4n) is 2.69. The molecule has 6 heteroatoms. The fraction of sp³-hybridized carbons (Fsp3) is 0.0800. The molecule has 6 nitrogen and oxygen atoms in total. The molecule has 0 spiro atoms. The average molecular weight is 416 g/mol. The van der Waals surface area contributed by atoms with Crippen LogP contribution in [0, 0.1) is 0 Å². The third kappa shape index (κ3) is 6.14. The number of hydrogen-bond acceptors (Lipinski definition) is 6. The molecule has 0 unspecified atom stereocenters.